The van der Waals surface area contributed by atoms with Gasteiger partial charge in [-0.3, -0.25) is 0 Å². The summed E-state index contributed by atoms with van der Waals surface area (Å²) in [6, 6.07) is 0. The number of allylic oxidation sites excluding steroid dienone is 1. The average molecular weight is 346 g/mol. The second-order valence-electron chi connectivity index (χ2n) is 8.94. The third-order valence-corrected chi connectivity index (χ3v) is 7.48. The highest BCUT2D eigenvalue weighted by Gasteiger charge is 2.63. The summed E-state index contributed by atoms with van der Waals surface area (Å²) in [6.45, 7) is 8.65. The van der Waals surface area contributed by atoms with Crippen molar-refractivity contribution in [3.63, 3.8) is 0 Å². The van der Waals surface area contributed by atoms with Crippen LogP contribution in [-0.2, 0) is 19.0 Å². The molecule has 5 atom stereocenters. The quantitative estimate of drug-likeness (QED) is 0.525. The van der Waals surface area contributed by atoms with E-state index >= 15 is 0 Å². The molecule has 0 saturated carbocycles. The van der Waals surface area contributed by atoms with Crippen molar-refractivity contribution < 1.29 is 19.0 Å². The molecule has 0 aromatic heterocycles. The van der Waals surface area contributed by atoms with Crippen molar-refractivity contribution in [3.05, 3.63) is 22.8 Å². The SMILES string of the molecule is CO[C@@]12C/C(C)=C\CC[C@]3(C)[C@@H](CC1=C(C)C(=O)O2)[C@]1(C)CC[C@H]3O1. The Balaban J connectivity index is 1.83. The van der Waals surface area contributed by atoms with E-state index in [9.17, 15) is 4.79 Å². The molecule has 2 bridgehead atoms. The molecule has 0 N–H and O–H groups in total. The Morgan fingerprint density at radius 3 is 2.72 bits per heavy atom. The standard InChI is InChI=1S/C21H30O4/c1-13-7-6-9-19(3)16(20(4)10-8-17(19)24-20)11-15-14(2)18(22)25-21(15,12-13)23-5/h7,16-17H,6,8-12H2,1-5H3/b13-7-/t16-,17-,19-,20+,21-/m1/s1. The number of carbonyl (C=O) groups is 1. The highest BCUT2D eigenvalue weighted by molar-refractivity contribution is 5.92. The van der Waals surface area contributed by atoms with E-state index in [4.69, 9.17) is 14.2 Å². The number of fused-ring (bicyclic) bond motifs is 6. The van der Waals surface area contributed by atoms with Crippen LogP contribution >= 0.6 is 0 Å². The Labute approximate surface area is 150 Å². The van der Waals surface area contributed by atoms with Gasteiger partial charge in [-0.2, -0.15) is 0 Å². The second-order valence-corrected chi connectivity index (χ2v) is 8.94. The molecule has 4 heteroatoms. The zero-order chi connectivity index (χ0) is 18.0. The molecule has 0 unspecified atom stereocenters. The predicted octanol–water partition coefficient (Wildman–Crippen LogP) is 4.30. The van der Waals surface area contributed by atoms with Gasteiger partial charge in [0.05, 0.1) is 11.7 Å². The van der Waals surface area contributed by atoms with E-state index in [2.05, 4.69) is 26.8 Å². The van der Waals surface area contributed by atoms with Gasteiger partial charge in [0.1, 0.15) is 0 Å². The van der Waals surface area contributed by atoms with Crippen LogP contribution in [0.15, 0.2) is 22.8 Å². The lowest BCUT2D eigenvalue weighted by atomic mass is 9.58. The fraction of sp³-hybridized carbons (Fsp3) is 0.762. The number of hydrogen-bond donors (Lipinski definition) is 0. The molecule has 3 heterocycles. The lowest BCUT2D eigenvalue weighted by Gasteiger charge is -2.44. The fourth-order valence-corrected chi connectivity index (χ4v) is 5.95. The number of methoxy groups -OCH3 is 1. The van der Waals surface area contributed by atoms with Gasteiger partial charge in [-0.05, 0) is 64.2 Å². The van der Waals surface area contributed by atoms with Gasteiger partial charge in [-0.1, -0.05) is 18.6 Å². The van der Waals surface area contributed by atoms with E-state index in [1.165, 1.54) is 5.57 Å². The van der Waals surface area contributed by atoms with Crippen LogP contribution in [0.3, 0.4) is 0 Å². The number of hydrogen-bond acceptors (Lipinski definition) is 4. The minimum absolute atomic E-state index is 0.101. The van der Waals surface area contributed by atoms with E-state index in [1.807, 2.05) is 6.92 Å². The fourth-order valence-electron chi connectivity index (χ4n) is 5.95. The van der Waals surface area contributed by atoms with Crippen molar-refractivity contribution in [2.24, 2.45) is 11.3 Å². The van der Waals surface area contributed by atoms with Gasteiger partial charge in [-0.25, -0.2) is 4.79 Å². The molecule has 25 heavy (non-hydrogen) atoms. The summed E-state index contributed by atoms with van der Waals surface area (Å²) in [5, 5.41) is 0. The van der Waals surface area contributed by atoms with Gasteiger partial charge in [0.25, 0.3) is 0 Å². The summed E-state index contributed by atoms with van der Waals surface area (Å²) in [7, 11) is 1.66. The average Bonchev–Trinajstić information content (AvgIpc) is 3.12. The first-order chi connectivity index (χ1) is 11.7. The molecule has 4 nitrogen and oxygen atoms in total. The van der Waals surface area contributed by atoms with Crippen LogP contribution in [0.1, 0.15) is 66.2 Å². The van der Waals surface area contributed by atoms with Gasteiger partial charge >= 0.3 is 5.97 Å². The Kier molecular flexibility index (Phi) is 3.76. The van der Waals surface area contributed by atoms with Crippen LogP contribution in [0, 0.1) is 11.3 Å². The Bertz CT molecular complexity index is 677. The molecular weight excluding hydrogens is 316 g/mol. The molecule has 0 aromatic carbocycles. The highest BCUT2D eigenvalue weighted by atomic mass is 16.7. The third kappa shape index (κ3) is 2.30. The van der Waals surface area contributed by atoms with Crippen LogP contribution in [0.5, 0.6) is 0 Å². The lowest BCUT2D eigenvalue weighted by Crippen LogP contribution is -2.45. The Morgan fingerprint density at radius 1 is 1.24 bits per heavy atom. The summed E-state index contributed by atoms with van der Waals surface area (Å²) in [5.74, 6) is -0.780. The molecular formula is C21H30O4. The van der Waals surface area contributed by atoms with E-state index in [-0.39, 0.29) is 17.0 Å². The van der Waals surface area contributed by atoms with E-state index in [0.717, 1.165) is 43.3 Å². The van der Waals surface area contributed by atoms with Gasteiger partial charge in [-0.15, -0.1) is 0 Å². The minimum atomic E-state index is -0.932. The van der Waals surface area contributed by atoms with Gasteiger partial charge < -0.3 is 14.2 Å². The van der Waals surface area contributed by atoms with Crippen LogP contribution in [0.2, 0.25) is 0 Å². The second kappa shape index (κ2) is 5.43. The van der Waals surface area contributed by atoms with Crippen molar-refractivity contribution >= 4 is 5.97 Å². The maximum Gasteiger partial charge on any atom is 0.336 e. The number of esters is 1. The molecule has 2 saturated heterocycles. The molecule has 0 aromatic rings. The van der Waals surface area contributed by atoms with E-state index < -0.39 is 5.79 Å². The first kappa shape index (κ1) is 17.3. The van der Waals surface area contributed by atoms with Gasteiger partial charge in [0.2, 0.25) is 5.79 Å². The number of carbonyl (C=O) groups excluding carboxylic acids is 1. The summed E-state index contributed by atoms with van der Waals surface area (Å²) in [5.41, 5.74) is 3.02. The summed E-state index contributed by atoms with van der Waals surface area (Å²) < 4.78 is 18.1. The maximum atomic E-state index is 12.4. The third-order valence-electron chi connectivity index (χ3n) is 7.48. The maximum absolute atomic E-state index is 12.4. The molecule has 4 rings (SSSR count). The van der Waals surface area contributed by atoms with Crippen LogP contribution in [-0.4, -0.2) is 30.6 Å². The number of ether oxygens (including phenoxy) is 3. The number of rotatable bonds is 1. The minimum Gasteiger partial charge on any atom is -0.425 e. The largest absolute Gasteiger partial charge is 0.425 e. The molecule has 0 amide bonds. The molecule has 4 aliphatic rings. The van der Waals surface area contributed by atoms with Crippen molar-refractivity contribution in [2.45, 2.75) is 83.7 Å². The lowest BCUT2D eigenvalue weighted by molar-refractivity contribution is -0.193. The molecule has 3 aliphatic heterocycles. The molecule has 0 spiro atoms. The van der Waals surface area contributed by atoms with E-state index in [0.29, 0.717) is 18.4 Å². The van der Waals surface area contributed by atoms with Crippen molar-refractivity contribution in [2.75, 3.05) is 7.11 Å². The summed E-state index contributed by atoms with van der Waals surface area (Å²) in [4.78, 5) is 12.4. The first-order valence-corrected chi connectivity index (χ1v) is 9.56. The topological polar surface area (TPSA) is 44.8 Å². The van der Waals surface area contributed by atoms with Crippen molar-refractivity contribution in [1.29, 1.82) is 0 Å². The Hall–Kier alpha value is -1.13. The molecule has 1 aliphatic carbocycles. The highest BCUT2D eigenvalue weighted by Crippen LogP contribution is 2.62. The predicted molar refractivity (Wildman–Crippen MR) is 94.9 cm³/mol. The van der Waals surface area contributed by atoms with Crippen LogP contribution in [0.25, 0.3) is 0 Å². The smallest absolute Gasteiger partial charge is 0.336 e. The zero-order valence-electron chi connectivity index (χ0n) is 16.1. The van der Waals surface area contributed by atoms with Crippen molar-refractivity contribution in [1.82, 2.24) is 0 Å². The van der Waals surface area contributed by atoms with E-state index in [1.54, 1.807) is 7.11 Å². The molecule has 0 radical (unpaired) electrons. The first-order valence-electron chi connectivity index (χ1n) is 9.56. The zero-order valence-corrected chi connectivity index (χ0v) is 16.1. The van der Waals surface area contributed by atoms with Gasteiger partial charge in [0, 0.05) is 24.7 Å². The Morgan fingerprint density at radius 2 is 2.00 bits per heavy atom. The normalized spacial score (nSPS) is 48.7. The molecule has 138 valence electrons. The van der Waals surface area contributed by atoms with Crippen molar-refractivity contribution in [3.8, 4) is 0 Å². The summed E-state index contributed by atoms with van der Waals surface area (Å²) in [6.07, 6.45) is 8.49. The monoisotopic (exact) mass is 346 g/mol. The van der Waals surface area contributed by atoms with Crippen LogP contribution < -0.4 is 0 Å². The van der Waals surface area contributed by atoms with Gasteiger partial charge in [0.15, 0.2) is 0 Å². The molecule has 2 fully saturated rings. The summed E-state index contributed by atoms with van der Waals surface area (Å²) >= 11 is 0. The van der Waals surface area contributed by atoms with Crippen LogP contribution in [0.4, 0.5) is 0 Å².